The van der Waals surface area contributed by atoms with Crippen molar-refractivity contribution in [3.63, 3.8) is 0 Å². The smallest absolute Gasteiger partial charge is 0.324 e. The van der Waals surface area contributed by atoms with Crippen molar-refractivity contribution in [3.05, 3.63) is 76.2 Å². The second-order valence-corrected chi connectivity index (χ2v) is 8.97. The number of nitrogens with one attached hydrogen (secondary N) is 4. The summed E-state index contributed by atoms with van der Waals surface area (Å²) in [5.41, 5.74) is 5.22. The van der Waals surface area contributed by atoms with Crippen LogP contribution in [-0.2, 0) is 13.0 Å². The second-order valence-electron chi connectivity index (χ2n) is 8.57. The zero-order valence-electron chi connectivity index (χ0n) is 20.1. The molecule has 1 aliphatic rings. The third-order valence-corrected chi connectivity index (χ3v) is 6.32. The van der Waals surface area contributed by atoms with Gasteiger partial charge in [0.15, 0.2) is 11.5 Å². The number of carbonyl (C=O) groups excluding carboxylic acids is 1. The highest BCUT2D eigenvalue weighted by molar-refractivity contribution is 6.31. The lowest BCUT2D eigenvalue weighted by Gasteiger charge is -2.29. The molecular formula is C26H29ClN8O. The average Bonchev–Trinajstić information content (AvgIpc) is 2.90. The van der Waals surface area contributed by atoms with Gasteiger partial charge >= 0.3 is 6.03 Å². The number of nitriles is 1. The maximum atomic E-state index is 12.3. The van der Waals surface area contributed by atoms with Crippen molar-refractivity contribution in [3.8, 4) is 6.07 Å². The first kappa shape index (κ1) is 25.4. The van der Waals surface area contributed by atoms with Crippen LogP contribution >= 0.6 is 11.6 Å². The fourth-order valence-corrected chi connectivity index (χ4v) is 4.25. The predicted octanol–water partition coefficient (Wildman–Crippen LogP) is 3.70. The van der Waals surface area contributed by atoms with Gasteiger partial charge in [-0.15, -0.1) is 0 Å². The van der Waals surface area contributed by atoms with E-state index in [1.807, 2.05) is 19.1 Å². The third kappa shape index (κ3) is 6.92. The number of hydrogen-bond acceptors (Lipinski definition) is 7. The fourth-order valence-electron chi connectivity index (χ4n) is 3.99. The van der Waals surface area contributed by atoms with Crippen molar-refractivity contribution in [2.24, 2.45) is 0 Å². The van der Waals surface area contributed by atoms with Crippen LogP contribution in [0.3, 0.4) is 0 Å². The maximum absolute atomic E-state index is 12.3. The number of amides is 2. The highest BCUT2D eigenvalue weighted by Crippen LogP contribution is 2.25. The molecule has 0 saturated carbocycles. The number of aryl methyl sites for hydroxylation is 1. The first-order valence-corrected chi connectivity index (χ1v) is 12.2. The molecule has 36 heavy (non-hydrogen) atoms. The summed E-state index contributed by atoms with van der Waals surface area (Å²) in [4.78, 5) is 22.6. The first-order chi connectivity index (χ1) is 17.5. The molecule has 0 atom stereocenters. The van der Waals surface area contributed by atoms with Gasteiger partial charge in [0.25, 0.3) is 0 Å². The van der Waals surface area contributed by atoms with Crippen LogP contribution in [0.15, 0.2) is 48.8 Å². The van der Waals surface area contributed by atoms with Crippen LogP contribution in [0.1, 0.15) is 22.4 Å². The van der Waals surface area contributed by atoms with E-state index in [-0.39, 0.29) is 11.5 Å². The summed E-state index contributed by atoms with van der Waals surface area (Å²) in [6, 6.07) is 13.9. The molecule has 3 aromatic rings. The largest absolute Gasteiger partial charge is 0.369 e. The summed E-state index contributed by atoms with van der Waals surface area (Å²) in [6.07, 6.45) is 3.39. The van der Waals surface area contributed by atoms with Crippen LogP contribution in [-0.4, -0.2) is 48.7 Å². The van der Waals surface area contributed by atoms with E-state index in [4.69, 9.17) is 16.9 Å². The Labute approximate surface area is 215 Å². The standard InChI is InChI=1S/C26H29ClN8O/c1-18-12-20(6-7-30-15-19-2-4-22(5-3-19)35-10-8-29-9-11-35)23(27)13-24(18)33-26(36)34-25-17-31-21(14-28)16-32-25/h2-5,12-13,16-17,29-30H,6-11,15H2,1H3,(H2,32,33,34,36). The number of nitrogens with zero attached hydrogens (tertiary/aromatic N) is 4. The number of rotatable bonds is 8. The summed E-state index contributed by atoms with van der Waals surface area (Å²) in [5, 5.41) is 21.6. The molecule has 0 spiro atoms. The number of carbonyl (C=O) groups is 1. The first-order valence-electron chi connectivity index (χ1n) is 11.9. The molecule has 1 aliphatic heterocycles. The van der Waals surface area contributed by atoms with Crippen molar-refractivity contribution in [2.75, 3.05) is 48.3 Å². The number of anilines is 3. The molecule has 0 radical (unpaired) electrons. The zero-order chi connectivity index (χ0) is 25.3. The van der Waals surface area contributed by atoms with Gasteiger partial charge in [0.05, 0.1) is 12.4 Å². The van der Waals surface area contributed by atoms with Gasteiger partial charge in [0.1, 0.15) is 6.07 Å². The lowest BCUT2D eigenvalue weighted by atomic mass is 10.1. The quantitative estimate of drug-likeness (QED) is 0.345. The van der Waals surface area contributed by atoms with Crippen LogP contribution in [0.25, 0.3) is 0 Å². The number of aromatic nitrogens is 2. The average molecular weight is 505 g/mol. The molecule has 4 N–H and O–H groups in total. The van der Waals surface area contributed by atoms with E-state index in [0.29, 0.717) is 10.7 Å². The Morgan fingerprint density at radius 2 is 1.92 bits per heavy atom. The Kier molecular flexibility index (Phi) is 8.68. The Hall–Kier alpha value is -3.71. The van der Waals surface area contributed by atoms with E-state index in [2.05, 4.69) is 60.4 Å². The van der Waals surface area contributed by atoms with Crippen LogP contribution in [0.2, 0.25) is 5.02 Å². The molecule has 2 aromatic carbocycles. The minimum absolute atomic E-state index is 0.178. The summed E-state index contributed by atoms with van der Waals surface area (Å²) in [7, 11) is 0. The summed E-state index contributed by atoms with van der Waals surface area (Å²) >= 11 is 6.50. The molecular weight excluding hydrogens is 476 g/mol. The summed E-state index contributed by atoms with van der Waals surface area (Å²) in [5.74, 6) is 0.247. The molecule has 2 heterocycles. The minimum atomic E-state index is -0.467. The molecule has 186 valence electrons. The number of piperazine rings is 1. The molecule has 1 aromatic heterocycles. The van der Waals surface area contributed by atoms with E-state index >= 15 is 0 Å². The lowest BCUT2D eigenvalue weighted by Crippen LogP contribution is -2.43. The van der Waals surface area contributed by atoms with E-state index < -0.39 is 6.03 Å². The van der Waals surface area contributed by atoms with E-state index in [1.165, 1.54) is 23.6 Å². The van der Waals surface area contributed by atoms with Crippen molar-refractivity contribution in [1.82, 2.24) is 20.6 Å². The summed E-state index contributed by atoms with van der Waals surface area (Å²) < 4.78 is 0. The topological polar surface area (TPSA) is 118 Å². The zero-order valence-corrected chi connectivity index (χ0v) is 20.9. The Balaban J connectivity index is 1.25. The molecule has 0 bridgehead atoms. The molecule has 1 fully saturated rings. The van der Waals surface area contributed by atoms with Gasteiger partial charge in [0.2, 0.25) is 0 Å². The fraction of sp³-hybridized carbons (Fsp3) is 0.308. The maximum Gasteiger partial charge on any atom is 0.324 e. The van der Waals surface area contributed by atoms with E-state index in [1.54, 1.807) is 6.07 Å². The van der Waals surface area contributed by atoms with Gasteiger partial charge in [-0.25, -0.2) is 14.8 Å². The van der Waals surface area contributed by atoms with Gasteiger partial charge in [-0.05, 0) is 54.8 Å². The second kappa shape index (κ2) is 12.3. The van der Waals surface area contributed by atoms with Crippen LogP contribution in [0, 0.1) is 18.3 Å². The van der Waals surface area contributed by atoms with Crippen LogP contribution < -0.4 is 26.2 Å². The molecule has 0 unspecified atom stereocenters. The molecule has 9 nitrogen and oxygen atoms in total. The van der Waals surface area contributed by atoms with E-state index in [0.717, 1.165) is 56.8 Å². The molecule has 1 saturated heterocycles. The predicted molar refractivity (Wildman–Crippen MR) is 143 cm³/mol. The van der Waals surface area contributed by atoms with Crippen molar-refractivity contribution in [1.29, 1.82) is 5.26 Å². The third-order valence-electron chi connectivity index (χ3n) is 5.97. The minimum Gasteiger partial charge on any atom is -0.369 e. The van der Waals surface area contributed by atoms with E-state index in [9.17, 15) is 4.79 Å². The number of hydrogen-bond donors (Lipinski definition) is 4. The van der Waals surface area contributed by atoms with Crippen LogP contribution in [0.4, 0.5) is 22.0 Å². The van der Waals surface area contributed by atoms with Gasteiger partial charge < -0.3 is 20.9 Å². The van der Waals surface area contributed by atoms with Gasteiger partial charge in [0, 0.05) is 49.1 Å². The molecule has 0 aliphatic carbocycles. The van der Waals surface area contributed by atoms with Gasteiger partial charge in [-0.1, -0.05) is 29.8 Å². The molecule has 4 rings (SSSR count). The highest BCUT2D eigenvalue weighted by Gasteiger charge is 2.11. The number of benzene rings is 2. The van der Waals surface area contributed by atoms with Crippen molar-refractivity contribution < 1.29 is 4.79 Å². The van der Waals surface area contributed by atoms with Gasteiger partial charge in [-0.3, -0.25) is 5.32 Å². The SMILES string of the molecule is Cc1cc(CCNCc2ccc(N3CCNCC3)cc2)c(Cl)cc1NC(=O)Nc1cnc(C#N)cn1. The number of halogens is 1. The highest BCUT2D eigenvalue weighted by atomic mass is 35.5. The molecule has 2 amide bonds. The lowest BCUT2D eigenvalue weighted by molar-refractivity contribution is 0.262. The Morgan fingerprint density at radius 3 is 2.61 bits per heavy atom. The normalized spacial score (nSPS) is 13.2. The van der Waals surface area contributed by atoms with Crippen LogP contribution in [0.5, 0.6) is 0 Å². The Bertz CT molecular complexity index is 1220. The Morgan fingerprint density at radius 1 is 1.14 bits per heavy atom. The van der Waals surface area contributed by atoms with Gasteiger partial charge in [-0.2, -0.15) is 5.26 Å². The van der Waals surface area contributed by atoms with Crippen molar-refractivity contribution in [2.45, 2.75) is 19.9 Å². The monoisotopic (exact) mass is 504 g/mol. The summed E-state index contributed by atoms with van der Waals surface area (Å²) in [6.45, 7) is 7.64. The molecule has 10 heteroatoms. The van der Waals surface area contributed by atoms with Crippen molar-refractivity contribution >= 4 is 34.8 Å². The number of urea groups is 1.